The van der Waals surface area contributed by atoms with Gasteiger partial charge in [-0.2, -0.15) is 0 Å². The predicted molar refractivity (Wildman–Crippen MR) is 106 cm³/mol. The molecule has 6 heteroatoms. The van der Waals surface area contributed by atoms with Crippen molar-refractivity contribution in [2.24, 2.45) is 0 Å². The molecule has 0 fully saturated rings. The van der Waals surface area contributed by atoms with Crippen molar-refractivity contribution in [3.8, 4) is 0 Å². The molecule has 3 aromatic rings. The highest BCUT2D eigenvalue weighted by atomic mass is 16.3. The van der Waals surface area contributed by atoms with Crippen LogP contribution in [0.4, 0.5) is 5.69 Å². The summed E-state index contributed by atoms with van der Waals surface area (Å²) in [5, 5.41) is 2.86. The first-order chi connectivity index (χ1) is 13.4. The highest BCUT2D eigenvalue weighted by Gasteiger charge is 2.22. The average Bonchev–Trinajstić information content (AvgIpc) is 3.29. The number of rotatable bonds is 7. The number of aryl methyl sites for hydroxylation is 3. The summed E-state index contributed by atoms with van der Waals surface area (Å²) in [4.78, 5) is 27.0. The van der Waals surface area contributed by atoms with Gasteiger partial charge in [0.25, 0.3) is 5.91 Å². The third-order valence-corrected chi connectivity index (χ3v) is 4.43. The third-order valence-electron chi connectivity index (χ3n) is 4.43. The quantitative estimate of drug-likeness (QED) is 0.656. The molecule has 146 valence electrons. The van der Waals surface area contributed by atoms with Crippen LogP contribution in [-0.2, 0) is 11.3 Å². The molecule has 0 saturated carbocycles. The molecule has 0 aliphatic rings. The largest absolute Gasteiger partial charge is 0.467 e. The number of anilines is 1. The van der Waals surface area contributed by atoms with Crippen molar-refractivity contribution in [1.29, 1.82) is 0 Å². The van der Waals surface area contributed by atoms with Gasteiger partial charge in [-0.05, 0) is 51.1 Å². The lowest BCUT2D eigenvalue weighted by molar-refractivity contribution is -0.116. The molecule has 0 atom stereocenters. The molecule has 6 nitrogen and oxygen atoms in total. The lowest BCUT2D eigenvalue weighted by Crippen LogP contribution is -2.33. The van der Waals surface area contributed by atoms with Gasteiger partial charge in [-0.15, -0.1) is 0 Å². The first-order valence-corrected chi connectivity index (χ1v) is 9.17. The van der Waals surface area contributed by atoms with Crippen LogP contribution in [0.25, 0.3) is 0 Å². The van der Waals surface area contributed by atoms with Crippen molar-refractivity contribution in [3.05, 3.63) is 77.1 Å². The Balaban J connectivity index is 1.68. The van der Waals surface area contributed by atoms with Gasteiger partial charge in [0, 0.05) is 18.7 Å². The van der Waals surface area contributed by atoms with Crippen molar-refractivity contribution >= 4 is 17.5 Å². The normalized spacial score (nSPS) is 10.7. The molecule has 0 saturated heterocycles. The maximum absolute atomic E-state index is 13.0. The van der Waals surface area contributed by atoms with Crippen molar-refractivity contribution in [2.75, 3.05) is 11.9 Å². The van der Waals surface area contributed by atoms with E-state index in [4.69, 9.17) is 8.83 Å². The van der Waals surface area contributed by atoms with E-state index in [1.165, 1.54) is 0 Å². The van der Waals surface area contributed by atoms with E-state index in [0.29, 0.717) is 22.8 Å². The highest BCUT2D eigenvalue weighted by Crippen LogP contribution is 2.18. The summed E-state index contributed by atoms with van der Waals surface area (Å²) in [6, 6.07) is 12.9. The maximum atomic E-state index is 13.0. The van der Waals surface area contributed by atoms with Crippen molar-refractivity contribution in [1.82, 2.24) is 4.90 Å². The molecule has 2 aromatic heterocycles. The Morgan fingerprint density at radius 2 is 1.82 bits per heavy atom. The number of amides is 2. The zero-order valence-corrected chi connectivity index (χ0v) is 16.3. The molecule has 0 spiro atoms. The predicted octanol–water partition coefficient (Wildman–Crippen LogP) is 4.47. The summed E-state index contributed by atoms with van der Waals surface area (Å²) in [7, 11) is 0. The number of hydrogen-bond donors (Lipinski definition) is 1. The van der Waals surface area contributed by atoms with E-state index < -0.39 is 0 Å². The molecule has 1 aromatic carbocycles. The minimum atomic E-state index is -0.186. The monoisotopic (exact) mass is 380 g/mol. The Morgan fingerprint density at radius 1 is 1.07 bits per heavy atom. The number of carbonyl (C=O) groups excluding carboxylic acids is 2. The van der Waals surface area contributed by atoms with Crippen molar-refractivity contribution in [3.63, 3.8) is 0 Å². The van der Waals surface area contributed by atoms with E-state index >= 15 is 0 Å². The van der Waals surface area contributed by atoms with Crippen LogP contribution in [0.15, 0.2) is 57.6 Å². The van der Waals surface area contributed by atoms with Crippen LogP contribution in [0.5, 0.6) is 0 Å². The van der Waals surface area contributed by atoms with Gasteiger partial charge in [-0.1, -0.05) is 17.7 Å². The zero-order chi connectivity index (χ0) is 20.1. The van der Waals surface area contributed by atoms with E-state index in [1.807, 2.05) is 31.2 Å². The van der Waals surface area contributed by atoms with Crippen LogP contribution < -0.4 is 5.32 Å². The second-order valence-corrected chi connectivity index (χ2v) is 6.80. The van der Waals surface area contributed by atoms with Crippen LogP contribution in [0, 0.1) is 20.8 Å². The topological polar surface area (TPSA) is 75.7 Å². The Kier molecular flexibility index (Phi) is 5.99. The molecule has 0 aliphatic carbocycles. The average molecular weight is 380 g/mol. The summed E-state index contributed by atoms with van der Waals surface area (Å²) in [5.41, 5.74) is 2.36. The molecule has 2 heterocycles. The molecule has 2 amide bonds. The van der Waals surface area contributed by atoms with Crippen LogP contribution in [0.1, 0.15) is 39.6 Å². The second-order valence-electron chi connectivity index (χ2n) is 6.80. The van der Waals surface area contributed by atoms with Gasteiger partial charge in [-0.25, -0.2) is 0 Å². The maximum Gasteiger partial charge on any atom is 0.257 e. The summed E-state index contributed by atoms with van der Waals surface area (Å²) >= 11 is 0. The van der Waals surface area contributed by atoms with Gasteiger partial charge < -0.3 is 19.1 Å². The van der Waals surface area contributed by atoms with Crippen LogP contribution in [0.2, 0.25) is 0 Å². The number of furan rings is 2. The molecule has 0 bridgehead atoms. The fourth-order valence-corrected chi connectivity index (χ4v) is 2.95. The van der Waals surface area contributed by atoms with Gasteiger partial charge in [0.1, 0.15) is 17.3 Å². The van der Waals surface area contributed by atoms with Crippen LogP contribution >= 0.6 is 0 Å². The Labute approximate surface area is 164 Å². The Hall–Kier alpha value is -3.28. The van der Waals surface area contributed by atoms with E-state index in [2.05, 4.69) is 5.32 Å². The third kappa shape index (κ3) is 4.91. The van der Waals surface area contributed by atoms with Gasteiger partial charge in [0.15, 0.2) is 0 Å². The lowest BCUT2D eigenvalue weighted by Gasteiger charge is -2.21. The summed E-state index contributed by atoms with van der Waals surface area (Å²) < 4.78 is 10.9. The fraction of sp³-hybridized carbons (Fsp3) is 0.273. The molecule has 28 heavy (non-hydrogen) atoms. The van der Waals surface area contributed by atoms with Gasteiger partial charge in [0.2, 0.25) is 5.91 Å². The number of nitrogens with zero attached hydrogens (tertiary/aromatic N) is 1. The number of nitrogens with one attached hydrogen (secondary N) is 1. The van der Waals surface area contributed by atoms with E-state index in [-0.39, 0.29) is 31.3 Å². The summed E-state index contributed by atoms with van der Waals surface area (Å²) in [6.45, 7) is 6.10. The minimum Gasteiger partial charge on any atom is -0.467 e. The van der Waals surface area contributed by atoms with E-state index in [1.54, 1.807) is 43.2 Å². The van der Waals surface area contributed by atoms with Crippen LogP contribution in [-0.4, -0.2) is 23.3 Å². The zero-order valence-electron chi connectivity index (χ0n) is 16.3. The highest BCUT2D eigenvalue weighted by molar-refractivity contribution is 5.96. The fourth-order valence-electron chi connectivity index (χ4n) is 2.95. The lowest BCUT2D eigenvalue weighted by atomic mass is 10.2. The smallest absolute Gasteiger partial charge is 0.257 e. The Bertz CT molecular complexity index is 940. The van der Waals surface area contributed by atoms with Crippen molar-refractivity contribution < 1.29 is 18.4 Å². The van der Waals surface area contributed by atoms with Gasteiger partial charge in [0.05, 0.1) is 18.4 Å². The second kappa shape index (κ2) is 8.61. The van der Waals surface area contributed by atoms with Crippen LogP contribution in [0.3, 0.4) is 0 Å². The first-order valence-electron chi connectivity index (χ1n) is 9.17. The summed E-state index contributed by atoms with van der Waals surface area (Å²) in [6.07, 6.45) is 1.74. The molecule has 3 rings (SSSR count). The molecule has 1 N–H and O–H groups in total. The number of carbonyl (C=O) groups is 2. The standard InChI is InChI=1S/C22H24N2O4/c1-15-6-8-18(9-7-15)23-21(25)10-11-24(14-19-5-4-12-27-19)22(26)20-13-16(2)28-17(20)3/h4-9,12-13H,10-11,14H2,1-3H3,(H,23,25). The van der Waals surface area contributed by atoms with Gasteiger partial charge >= 0.3 is 0 Å². The number of benzene rings is 1. The minimum absolute atomic E-state index is 0.152. The SMILES string of the molecule is Cc1ccc(NC(=O)CCN(Cc2ccco2)C(=O)c2cc(C)oc2C)cc1. The molecular formula is C22H24N2O4. The molecule has 0 radical (unpaired) electrons. The first kappa shape index (κ1) is 19.5. The molecular weight excluding hydrogens is 356 g/mol. The van der Waals surface area contributed by atoms with Gasteiger partial charge in [-0.3, -0.25) is 9.59 Å². The summed E-state index contributed by atoms with van der Waals surface area (Å²) in [5.74, 6) is 1.56. The van der Waals surface area contributed by atoms with E-state index in [0.717, 1.165) is 11.3 Å². The van der Waals surface area contributed by atoms with E-state index in [9.17, 15) is 9.59 Å². The molecule has 0 unspecified atom stereocenters. The molecule has 0 aliphatic heterocycles. The Morgan fingerprint density at radius 3 is 2.43 bits per heavy atom. The van der Waals surface area contributed by atoms with Crippen molar-refractivity contribution in [2.45, 2.75) is 33.7 Å². The number of hydrogen-bond acceptors (Lipinski definition) is 4.